The molecule has 0 spiro atoms. The molecule has 1 heterocycles. The van der Waals surface area contributed by atoms with Crippen LogP contribution < -0.4 is 4.74 Å². The fraction of sp³-hybridized carbons (Fsp3) is 0.206. The zero-order chi connectivity index (χ0) is 51.8. The Kier molecular flexibility index (Phi) is 17.3. The molecule has 0 saturated carbocycles. The Morgan fingerprint density at radius 2 is 0.855 bits per heavy atom. The van der Waals surface area contributed by atoms with Crippen LogP contribution in [0.15, 0.2) is 255 Å². The van der Waals surface area contributed by atoms with Gasteiger partial charge in [0.25, 0.3) is 0 Å². The molecule has 1 aliphatic heterocycles. The van der Waals surface area contributed by atoms with Crippen molar-refractivity contribution in [2.24, 2.45) is 0 Å². The number of rotatable bonds is 23. The van der Waals surface area contributed by atoms with Crippen LogP contribution in [0.4, 0.5) is 0 Å². The molecule has 9 aromatic carbocycles. The highest BCUT2D eigenvalue weighted by Gasteiger charge is 2.58. The predicted molar refractivity (Wildman–Crippen MR) is 296 cm³/mol. The lowest BCUT2D eigenvalue weighted by atomic mass is 9.80. The highest BCUT2D eigenvalue weighted by molar-refractivity contribution is 5.48. The zero-order valence-electron chi connectivity index (χ0n) is 42.8. The third kappa shape index (κ3) is 12.4. The Balaban J connectivity index is 1.14. The van der Waals surface area contributed by atoms with Gasteiger partial charge in [-0.15, -0.1) is 0 Å². The largest absolute Gasteiger partial charge is 0.457 e. The van der Waals surface area contributed by atoms with Crippen LogP contribution in [0, 0.1) is 0 Å². The van der Waals surface area contributed by atoms with Crippen molar-refractivity contribution in [1.82, 2.24) is 0 Å². The first-order valence-corrected chi connectivity index (χ1v) is 26.2. The molecular weight excluding hydrogens is 945 g/mol. The third-order valence-corrected chi connectivity index (χ3v) is 14.0. The van der Waals surface area contributed by atoms with Crippen LogP contribution in [0.1, 0.15) is 62.6 Å². The summed E-state index contributed by atoms with van der Waals surface area (Å²) in [7, 11) is 0. The minimum absolute atomic E-state index is 0.00914. The van der Waals surface area contributed by atoms with Crippen molar-refractivity contribution in [2.75, 3.05) is 6.61 Å². The molecule has 0 bridgehead atoms. The van der Waals surface area contributed by atoms with E-state index in [4.69, 9.17) is 33.2 Å². The number of aliphatic hydroxyl groups is 1. The molecule has 1 aliphatic rings. The van der Waals surface area contributed by atoms with Crippen molar-refractivity contribution >= 4 is 0 Å². The Bertz CT molecular complexity index is 3030. The molecule has 5 unspecified atom stereocenters. The summed E-state index contributed by atoms with van der Waals surface area (Å²) in [6.45, 7) is 3.02. The Morgan fingerprint density at radius 3 is 1.33 bits per heavy atom. The van der Waals surface area contributed by atoms with Gasteiger partial charge in [-0.25, -0.2) is 0 Å². The third-order valence-electron chi connectivity index (χ3n) is 14.0. The summed E-state index contributed by atoms with van der Waals surface area (Å²) in [5.74, 6) is -1.13. The van der Waals surface area contributed by atoms with E-state index in [0.29, 0.717) is 29.2 Å². The second-order valence-corrected chi connectivity index (χ2v) is 19.1. The molecule has 1 fully saturated rings. The van der Waals surface area contributed by atoms with Crippen LogP contribution in [-0.2, 0) is 79.3 Å². The number of hydrogen-bond acceptors (Lipinski definition) is 8. The highest BCUT2D eigenvalue weighted by atomic mass is 16.7. The van der Waals surface area contributed by atoms with Gasteiger partial charge in [-0.3, -0.25) is 0 Å². The van der Waals surface area contributed by atoms with Gasteiger partial charge in [0, 0.05) is 5.56 Å². The summed E-state index contributed by atoms with van der Waals surface area (Å²) in [6, 6.07) is 84.4. The summed E-state index contributed by atoms with van der Waals surface area (Å²) >= 11 is 0. The Labute approximate surface area is 447 Å². The topological polar surface area (TPSA) is 84.8 Å². The standard InChI is InChI=1S/C68H64O8/c1-2-51-38-41-60(42-39-51)75-61-43-40-56(49-74-67(57-32-18-7-19-33-57,58-34-20-8-21-35-58)59-36-22-9-23-37-59)62(44-61)68(69)66(73-48-55-30-16-6-17-31-55)65(72-47-54-28-14-5-15-29-54)64(71-46-53-26-12-4-13-27-53)63(76-68)50-70-45-52-24-10-3-11-25-52/h3-44,63-66,69H,2,45-50H2,1H3. The van der Waals surface area contributed by atoms with E-state index >= 15 is 0 Å². The van der Waals surface area contributed by atoms with E-state index in [-0.39, 0.29) is 33.0 Å². The molecule has 5 atom stereocenters. The number of ether oxygens (including phenoxy) is 7. The fourth-order valence-electron chi connectivity index (χ4n) is 10.0. The number of hydrogen-bond donors (Lipinski definition) is 1. The minimum atomic E-state index is -2.25. The van der Waals surface area contributed by atoms with Crippen molar-refractivity contribution in [3.8, 4) is 11.5 Å². The smallest absolute Gasteiger partial charge is 0.223 e. The Morgan fingerprint density at radius 1 is 0.434 bits per heavy atom. The normalized spacial score (nSPS) is 18.5. The maximum atomic E-state index is 14.3. The summed E-state index contributed by atoms with van der Waals surface area (Å²) in [6.07, 6.45) is -2.95. The second kappa shape index (κ2) is 25.4. The van der Waals surface area contributed by atoms with E-state index < -0.39 is 35.8 Å². The van der Waals surface area contributed by atoms with Gasteiger partial charge in [0.15, 0.2) is 0 Å². The van der Waals surface area contributed by atoms with Gasteiger partial charge in [-0.05, 0) is 80.8 Å². The number of aryl methyl sites for hydroxylation is 1. The summed E-state index contributed by atoms with van der Waals surface area (Å²) in [5, 5.41) is 14.3. The van der Waals surface area contributed by atoms with Crippen molar-refractivity contribution in [3.63, 3.8) is 0 Å². The van der Waals surface area contributed by atoms with Crippen LogP contribution >= 0.6 is 0 Å². The van der Waals surface area contributed by atoms with E-state index in [0.717, 1.165) is 45.4 Å². The monoisotopic (exact) mass is 1010 g/mol. The molecule has 0 radical (unpaired) electrons. The molecule has 76 heavy (non-hydrogen) atoms. The molecule has 384 valence electrons. The lowest BCUT2D eigenvalue weighted by Gasteiger charge is -2.51. The molecule has 0 aromatic heterocycles. The van der Waals surface area contributed by atoms with Crippen LogP contribution in [0.2, 0.25) is 0 Å². The zero-order valence-corrected chi connectivity index (χ0v) is 42.8. The minimum Gasteiger partial charge on any atom is -0.457 e. The summed E-state index contributed by atoms with van der Waals surface area (Å²) in [5.41, 5.74) is 7.70. The van der Waals surface area contributed by atoms with Gasteiger partial charge >= 0.3 is 0 Å². The van der Waals surface area contributed by atoms with Gasteiger partial charge in [0.05, 0.1) is 39.6 Å². The van der Waals surface area contributed by atoms with E-state index in [1.165, 1.54) is 5.56 Å². The molecule has 1 N–H and O–H groups in total. The molecule has 8 nitrogen and oxygen atoms in total. The first-order chi connectivity index (χ1) is 37.5. The summed E-state index contributed by atoms with van der Waals surface area (Å²) < 4.78 is 49.4. The lowest BCUT2D eigenvalue weighted by Crippen LogP contribution is -2.66. The van der Waals surface area contributed by atoms with Crippen molar-refractivity contribution in [1.29, 1.82) is 0 Å². The molecule has 9 aromatic rings. The SMILES string of the molecule is CCc1ccc(Oc2ccc(COC(c3ccccc3)(c3ccccc3)c3ccccc3)c(C3(O)OC(COCc4ccccc4)C(OCc4ccccc4)C(OCc4ccccc4)C3OCc3ccccc3)c2)cc1. The van der Waals surface area contributed by atoms with E-state index in [1.807, 2.05) is 206 Å². The van der Waals surface area contributed by atoms with Crippen LogP contribution in [0.3, 0.4) is 0 Å². The first kappa shape index (κ1) is 52.0. The average molecular weight is 1010 g/mol. The summed E-state index contributed by atoms with van der Waals surface area (Å²) in [4.78, 5) is 0. The van der Waals surface area contributed by atoms with Gasteiger partial charge in [-0.1, -0.05) is 237 Å². The number of benzene rings is 9. The van der Waals surface area contributed by atoms with Crippen molar-refractivity contribution in [3.05, 3.63) is 310 Å². The van der Waals surface area contributed by atoms with Crippen LogP contribution in [0.5, 0.6) is 11.5 Å². The van der Waals surface area contributed by atoms with E-state index in [2.05, 4.69) is 55.5 Å². The average Bonchev–Trinajstić information content (AvgIpc) is 3.53. The molecule has 10 rings (SSSR count). The predicted octanol–water partition coefficient (Wildman–Crippen LogP) is 14.1. The van der Waals surface area contributed by atoms with Crippen LogP contribution in [-0.4, -0.2) is 36.1 Å². The van der Waals surface area contributed by atoms with Crippen LogP contribution in [0.25, 0.3) is 0 Å². The van der Waals surface area contributed by atoms with Crippen molar-refractivity contribution in [2.45, 2.75) is 82.2 Å². The quantitative estimate of drug-likeness (QED) is 0.0635. The maximum Gasteiger partial charge on any atom is 0.223 e. The van der Waals surface area contributed by atoms with Gasteiger partial charge in [0.2, 0.25) is 5.79 Å². The van der Waals surface area contributed by atoms with Gasteiger partial charge in [-0.2, -0.15) is 0 Å². The van der Waals surface area contributed by atoms with Gasteiger partial charge in [0.1, 0.15) is 41.5 Å². The molecule has 0 amide bonds. The van der Waals surface area contributed by atoms with E-state index in [9.17, 15) is 5.11 Å². The van der Waals surface area contributed by atoms with Crippen molar-refractivity contribution < 1.29 is 38.3 Å². The van der Waals surface area contributed by atoms with E-state index in [1.54, 1.807) is 0 Å². The maximum absolute atomic E-state index is 14.3. The Hall–Kier alpha value is -7.50. The lowest BCUT2D eigenvalue weighted by molar-refractivity contribution is -0.379. The molecule has 0 aliphatic carbocycles. The molecule has 1 saturated heterocycles. The van der Waals surface area contributed by atoms with Gasteiger partial charge < -0.3 is 38.3 Å². The highest BCUT2D eigenvalue weighted by Crippen LogP contribution is 2.46. The second-order valence-electron chi connectivity index (χ2n) is 19.1. The molecular formula is C68H64O8. The molecule has 8 heteroatoms. The fourth-order valence-corrected chi connectivity index (χ4v) is 10.0. The first-order valence-electron chi connectivity index (χ1n) is 26.2.